The van der Waals surface area contributed by atoms with Crippen molar-refractivity contribution >= 4 is 76.8 Å². The molecule has 0 aliphatic carbocycles. The van der Waals surface area contributed by atoms with Gasteiger partial charge in [0.1, 0.15) is 33.4 Å². The van der Waals surface area contributed by atoms with E-state index in [1.165, 1.54) is 4.80 Å². The van der Waals surface area contributed by atoms with Gasteiger partial charge in [-0.2, -0.15) is 0 Å². The number of phenolic OH excluding ortho intramolecular Hbond substituents is 2. The van der Waals surface area contributed by atoms with Crippen LogP contribution in [0.15, 0.2) is 158 Å². The van der Waals surface area contributed by atoms with Gasteiger partial charge in [-0.1, -0.05) is 139 Å². The molecule has 0 aliphatic rings. The van der Waals surface area contributed by atoms with Crippen molar-refractivity contribution in [2.45, 2.75) is 6.92 Å². The normalized spacial score (nSPS) is 11.5. The van der Waals surface area contributed by atoms with E-state index in [4.69, 9.17) is 21.8 Å². The summed E-state index contributed by atoms with van der Waals surface area (Å²) in [4.78, 5) is 3.06. The van der Waals surface area contributed by atoms with Crippen LogP contribution in [0.4, 0.5) is 0 Å². The number of hydrogen-bond acceptors (Lipinski definition) is 6. The maximum Gasteiger partial charge on any atom is 0.151 e. The summed E-state index contributed by atoms with van der Waals surface area (Å²) in [5, 5.41) is 49.6. The largest absolute Gasteiger partial charge is 0.505 e. The number of fused-ring (bicyclic) bond motifs is 10. The number of benzene rings is 9. The highest BCUT2D eigenvalue weighted by molar-refractivity contribution is 6.31. The van der Waals surface area contributed by atoms with Crippen molar-refractivity contribution in [2.24, 2.45) is 0 Å². The topological polar surface area (TPSA) is 102 Å². The summed E-state index contributed by atoms with van der Waals surface area (Å²) in [6, 6.07) is 51.4. The molecule has 0 radical (unpaired) electrons. The SMILES string of the molecule is Cc1cc(-c2ccccc2)c(O)c(-n2nc3c4ccccc4c4ccccc4c3n2)c1.Oc1c(-n2nc3ccc(Cl)cc3n2)c2ccccc2c2ccccc12. The lowest BCUT2D eigenvalue weighted by molar-refractivity contribution is 0.469. The van der Waals surface area contributed by atoms with Crippen molar-refractivity contribution in [1.82, 2.24) is 30.0 Å². The zero-order valence-electron chi connectivity index (χ0n) is 30.0. The Morgan fingerprint density at radius 1 is 0.446 bits per heavy atom. The van der Waals surface area contributed by atoms with Gasteiger partial charge in [0, 0.05) is 32.1 Å². The van der Waals surface area contributed by atoms with Gasteiger partial charge in [0.05, 0.1) is 0 Å². The van der Waals surface area contributed by atoms with Crippen molar-refractivity contribution in [3.8, 4) is 34.0 Å². The average Bonchev–Trinajstić information content (AvgIpc) is 3.88. The molecule has 0 amide bonds. The summed E-state index contributed by atoms with van der Waals surface area (Å²) in [6.45, 7) is 2.02. The fourth-order valence-corrected chi connectivity index (χ4v) is 7.84. The van der Waals surface area contributed by atoms with Crippen LogP contribution in [-0.4, -0.2) is 40.2 Å². The van der Waals surface area contributed by atoms with Crippen molar-refractivity contribution in [3.63, 3.8) is 0 Å². The van der Waals surface area contributed by atoms with Crippen molar-refractivity contribution in [3.05, 3.63) is 168 Å². The third kappa shape index (κ3) is 5.46. The molecule has 56 heavy (non-hydrogen) atoms. The van der Waals surface area contributed by atoms with Crippen LogP contribution >= 0.6 is 11.6 Å². The predicted molar refractivity (Wildman–Crippen MR) is 226 cm³/mol. The fourth-order valence-electron chi connectivity index (χ4n) is 7.67. The first-order valence-corrected chi connectivity index (χ1v) is 18.5. The molecule has 0 saturated heterocycles. The third-order valence-corrected chi connectivity index (χ3v) is 10.5. The van der Waals surface area contributed by atoms with E-state index < -0.39 is 0 Å². The molecular formula is C47H31ClN6O2. The van der Waals surface area contributed by atoms with Gasteiger partial charge in [0.25, 0.3) is 0 Å². The van der Waals surface area contributed by atoms with E-state index in [-0.39, 0.29) is 11.5 Å². The van der Waals surface area contributed by atoms with Crippen LogP contribution in [0.2, 0.25) is 5.02 Å². The quantitative estimate of drug-likeness (QED) is 0.175. The van der Waals surface area contributed by atoms with Crippen LogP contribution in [-0.2, 0) is 0 Å². The van der Waals surface area contributed by atoms with Crippen molar-refractivity contribution in [1.29, 1.82) is 0 Å². The van der Waals surface area contributed by atoms with Gasteiger partial charge < -0.3 is 10.2 Å². The third-order valence-electron chi connectivity index (χ3n) is 10.2. The molecule has 9 heteroatoms. The molecular weight excluding hydrogens is 716 g/mol. The number of rotatable bonds is 3. The lowest BCUT2D eigenvalue weighted by atomic mass is 9.99. The Balaban J connectivity index is 0.000000140. The number of aryl methyl sites for hydroxylation is 1. The summed E-state index contributed by atoms with van der Waals surface area (Å²) in [6.07, 6.45) is 0. The van der Waals surface area contributed by atoms with E-state index in [1.807, 2.05) is 128 Å². The molecule has 0 spiro atoms. The van der Waals surface area contributed by atoms with E-state index >= 15 is 0 Å². The Bertz CT molecular complexity index is 3250. The molecule has 8 nitrogen and oxygen atoms in total. The van der Waals surface area contributed by atoms with Gasteiger partial charge in [-0.25, -0.2) is 0 Å². The molecule has 2 N–H and O–H groups in total. The molecule has 268 valence electrons. The standard InChI is InChI=1S/C27H19N3O.C20H12ClN3O/c1-17-15-23(18-9-3-2-4-10-18)27(31)24(16-17)30-28-25-21-13-7-5-11-19(21)20-12-6-8-14-22(20)26(25)29-30;21-12-9-10-17-18(11-12)23-24(22-17)19-15-7-3-1-5-13(15)14-6-2-4-8-16(14)20(19)25/h2-16,31H,1H3;1-11,25H. The molecule has 11 rings (SSSR count). The summed E-state index contributed by atoms with van der Waals surface area (Å²) < 4.78 is 0. The molecule has 0 unspecified atom stereocenters. The first kappa shape index (κ1) is 33.3. The van der Waals surface area contributed by atoms with Crippen molar-refractivity contribution < 1.29 is 10.2 Å². The van der Waals surface area contributed by atoms with Gasteiger partial charge in [-0.05, 0) is 69.9 Å². The molecule has 0 saturated carbocycles. The minimum atomic E-state index is 0.167. The minimum Gasteiger partial charge on any atom is -0.505 e. The zero-order valence-corrected chi connectivity index (χ0v) is 30.7. The van der Waals surface area contributed by atoms with Crippen molar-refractivity contribution in [2.75, 3.05) is 0 Å². The summed E-state index contributed by atoms with van der Waals surface area (Å²) in [7, 11) is 0. The average molecular weight is 747 g/mol. The number of hydrogen-bond donors (Lipinski definition) is 2. The first-order chi connectivity index (χ1) is 27.4. The lowest BCUT2D eigenvalue weighted by Gasteiger charge is -2.12. The van der Waals surface area contributed by atoms with E-state index in [2.05, 4.69) is 34.5 Å². The van der Waals surface area contributed by atoms with Crippen LogP contribution in [0.3, 0.4) is 0 Å². The second-order valence-corrected chi connectivity index (χ2v) is 14.2. The Labute approximate surface area is 325 Å². The molecule has 9 aromatic carbocycles. The maximum atomic E-state index is 11.2. The maximum absolute atomic E-state index is 11.2. The molecule has 0 fully saturated rings. The van der Waals surface area contributed by atoms with Crippen LogP contribution in [0, 0.1) is 6.92 Å². The predicted octanol–water partition coefficient (Wildman–Crippen LogP) is 11.5. The van der Waals surface area contributed by atoms with Crippen LogP contribution in [0.1, 0.15) is 5.56 Å². The summed E-state index contributed by atoms with van der Waals surface area (Å²) in [5.74, 6) is 0.339. The number of halogens is 1. The van der Waals surface area contributed by atoms with Gasteiger partial charge in [-0.15, -0.1) is 30.0 Å². The number of aromatic nitrogens is 6. The highest BCUT2D eigenvalue weighted by Gasteiger charge is 2.19. The molecule has 2 heterocycles. The second kappa shape index (κ2) is 13.2. The van der Waals surface area contributed by atoms with E-state index in [9.17, 15) is 10.2 Å². The Morgan fingerprint density at radius 2 is 0.946 bits per heavy atom. The first-order valence-electron chi connectivity index (χ1n) is 18.1. The van der Waals surface area contributed by atoms with E-state index in [0.29, 0.717) is 21.9 Å². The van der Waals surface area contributed by atoms with Gasteiger partial charge >= 0.3 is 0 Å². The highest BCUT2D eigenvalue weighted by atomic mass is 35.5. The Hall–Kier alpha value is -7.29. The lowest BCUT2D eigenvalue weighted by Crippen LogP contribution is -2.01. The summed E-state index contributed by atoms with van der Waals surface area (Å²) >= 11 is 6.05. The van der Waals surface area contributed by atoms with Crippen LogP contribution in [0.25, 0.3) is 87.7 Å². The van der Waals surface area contributed by atoms with Gasteiger partial charge in [-0.3, -0.25) is 0 Å². The second-order valence-electron chi connectivity index (χ2n) is 13.7. The molecule has 0 aliphatic heterocycles. The molecule has 0 bridgehead atoms. The fraction of sp³-hybridized carbons (Fsp3) is 0.0213. The monoisotopic (exact) mass is 746 g/mol. The number of phenols is 2. The highest BCUT2D eigenvalue weighted by Crippen LogP contribution is 2.40. The smallest absolute Gasteiger partial charge is 0.151 e. The molecule has 11 aromatic rings. The number of aromatic hydroxyl groups is 2. The van der Waals surface area contributed by atoms with E-state index in [1.54, 1.807) is 16.9 Å². The molecule has 2 aromatic heterocycles. The van der Waals surface area contributed by atoms with Gasteiger partial charge in [0.15, 0.2) is 11.5 Å². The van der Waals surface area contributed by atoms with Crippen LogP contribution < -0.4 is 0 Å². The summed E-state index contributed by atoms with van der Waals surface area (Å²) in [5.41, 5.74) is 6.97. The van der Waals surface area contributed by atoms with Crippen LogP contribution in [0.5, 0.6) is 11.5 Å². The minimum absolute atomic E-state index is 0.167. The molecule has 0 atom stereocenters. The Kier molecular flexibility index (Phi) is 7.86. The number of nitrogens with zero attached hydrogens (tertiary/aromatic N) is 6. The van der Waals surface area contributed by atoms with Gasteiger partial charge in [0.2, 0.25) is 0 Å². The zero-order chi connectivity index (χ0) is 37.9. The van der Waals surface area contributed by atoms with E-state index in [0.717, 1.165) is 76.3 Å². The Morgan fingerprint density at radius 3 is 1.57 bits per heavy atom.